The van der Waals surface area contributed by atoms with Crippen molar-refractivity contribution in [3.8, 4) is 17.9 Å². The van der Waals surface area contributed by atoms with E-state index in [2.05, 4.69) is 22.5 Å². The molecular weight excluding hydrogens is 166 g/mol. The molecule has 1 amide bonds. The number of nitrogens with one attached hydrogen (secondary N) is 2. The number of nitrogens with zero attached hydrogens (tertiary/aromatic N) is 1. The predicted molar refractivity (Wildman–Crippen MR) is 49.6 cm³/mol. The minimum absolute atomic E-state index is 0.104. The average Bonchev–Trinajstić information content (AvgIpc) is 2.13. The van der Waals surface area contributed by atoms with E-state index in [0.29, 0.717) is 19.5 Å². The van der Waals surface area contributed by atoms with E-state index in [4.69, 9.17) is 5.26 Å². The van der Waals surface area contributed by atoms with Crippen molar-refractivity contribution in [2.45, 2.75) is 13.3 Å². The molecule has 0 aliphatic rings. The standard InChI is InChI=1S/C9H13N3O/c1-2-3-6-11-8-9(13)12-7-4-5-10/h11H,4,6-8H2,1H3,(H,12,13). The fourth-order valence-electron chi connectivity index (χ4n) is 0.647. The molecule has 0 saturated heterocycles. The molecule has 2 N–H and O–H groups in total. The zero-order valence-electron chi connectivity index (χ0n) is 7.68. The number of hydrogen-bond donors (Lipinski definition) is 2. The molecule has 0 fully saturated rings. The van der Waals surface area contributed by atoms with Crippen LogP contribution in [0.5, 0.6) is 0 Å². The first-order valence-corrected chi connectivity index (χ1v) is 4.05. The first-order valence-electron chi connectivity index (χ1n) is 4.05. The number of rotatable bonds is 5. The van der Waals surface area contributed by atoms with E-state index >= 15 is 0 Å². The molecule has 0 aliphatic carbocycles. The summed E-state index contributed by atoms with van der Waals surface area (Å²) in [6.07, 6.45) is 0.348. The summed E-state index contributed by atoms with van der Waals surface area (Å²) in [4.78, 5) is 10.9. The van der Waals surface area contributed by atoms with Crippen molar-refractivity contribution in [1.82, 2.24) is 10.6 Å². The summed E-state index contributed by atoms with van der Waals surface area (Å²) in [5, 5.41) is 13.6. The number of nitriles is 1. The second-order valence-corrected chi connectivity index (χ2v) is 2.29. The maximum absolute atomic E-state index is 10.9. The third kappa shape index (κ3) is 8.39. The highest BCUT2D eigenvalue weighted by molar-refractivity contribution is 5.77. The fourth-order valence-corrected chi connectivity index (χ4v) is 0.647. The number of amides is 1. The molecule has 0 saturated carbocycles. The van der Waals surface area contributed by atoms with Crippen molar-refractivity contribution in [1.29, 1.82) is 5.26 Å². The van der Waals surface area contributed by atoms with E-state index in [9.17, 15) is 4.79 Å². The zero-order chi connectivity index (χ0) is 9.94. The van der Waals surface area contributed by atoms with Gasteiger partial charge in [-0.2, -0.15) is 5.26 Å². The molecule has 0 spiro atoms. The minimum Gasteiger partial charge on any atom is -0.354 e. The van der Waals surface area contributed by atoms with Crippen LogP contribution in [0.4, 0.5) is 0 Å². The van der Waals surface area contributed by atoms with Crippen LogP contribution in [0.3, 0.4) is 0 Å². The molecule has 4 heteroatoms. The third-order valence-corrected chi connectivity index (χ3v) is 1.23. The molecule has 0 rings (SSSR count). The van der Waals surface area contributed by atoms with Crippen LogP contribution in [0.25, 0.3) is 0 Å². The molecule has 0 aliphatic heterocycles. The highest BCUT2D eigenvalue weighted by Gasteiger charge is 1.96. The van der Waals surface area contributed by atoms with Gasteiger partial charge in [-0.25, -0.2) is 0 Å². The van der Waals surface area contributed by atoms with Gasteiger partial charge in [0.2, 0.25) is 5.91 Å². The van der Waals surface area contributed by atoms with Gasteiger partial charge in [0, 0.05) is 6.54 Å². The summed E-state index contributed by atoms with van der Waals surface area (Å²) in [6.45, 7) is 2.92. The van der Waals surface area contributed by atoms with Crippen LogP contribution < -0.4 is 10.6 Å². The van der Waals surface area contributed by atoms with Crippen LogP contribution in [0, 0.1) is 23.2 Å². The zero-order valence-corrected chi connectivity index (χ0v) is 7.68. The first-order chi connectivity index (χ1) is 6.31. The molecule has 0 heterocycles. The van der Waals surface area contributed by atoms with E-state index in [0.717, 1.165) is 0 Å². The lowest BCUT2D eigenvalue weighted by Crippen LogP contribution is -2.34. The molecular formula is C9H13N3O. The van der Waals surface area contributed by atoms with Gasteiger partial charge >= 0.3 is 0 Å². The van der Waals surface area contributed by atoms with Crippen molar-refractivity contribution in [3.63, 3.8) is 0 Å². The van der Waals surface area contributed by atoms with Crippen LogP contribution in [0.2, 0.25) is 0 Å². The quantitative estimate of drug-likeness (QED) is 0.447. The van der Waals surface area contributed by atoms with Gasteiger partial charge in [0.1, 0.15) is 0 Å². The molecule has 0 atom stereocenters. The van der Waals surface area contributed by atoms with Crippen molar-refractivity contribution in [2.75, 3.05) is 19.6 Å². The smallest absolute Gasteiger partial charge is 0.234 e. The summed E-state index contributed by atoms with van der Waals surface area (Å²) in [5.74, 6) is 5.38. The van der Waals surface area contributed by atoms with Crippen LogP contribution in [-0.4, -0.2) is 25.5 Å². The van der Waals surface area contributed by atoms with Crippen molar-refractivity contribution < 1.29 is 4.79 Å². The lowest BCUT2D eigenvalue weighted by atomic mass is 10.4. The number of carbonyl (C=O) groups is 1. The van der Waals surface area contributed by atoms with Crippen molar-refractivity contribution >= 4 is 5.91 Å². The maximum atomic E-state index is 10.9. The Hall–Kier alpha value is -1.52. The van der Waals surface area contributed by atoms with E-state index in [1.165, 1.54) is 0 Å². The Kier molecular flexibility index (Phi) is 7.57. The summed E-state index contributed by atoms with van der Waals surface area (Å²) < 4.78 is 0. The fraction of sp³-hybridized carbons (Fsp3) is 0.556. The van der Waals surface area contributed by atoms with Gasteiger partial charge in [-0.1, -0.05) is 5.92 Å². The van der Waals surface area contributed by atoms with E-state index in [-0.39, 0.29) is 12.5 Å². The second-order valence-electron chi connectivity index (χ2n) is 2.29. The Bertz CT molecular complexity index is 244. The Morgan fingerprint density at radius 3 is 2.92 bits per heavy atom. The Labute approximate surface area is 78.3 Å². The number of hydrogen-bond acceptors (Lipinski definition) is 3. The normalized spacial score (nSPS) is 8.00. The predicted octanol–water partition coefficient (Wildman–Crippen LogP) is -0.371. The third-order valence-electron chi connectivity index (χ3n) is 1.23. The minimum atomic E-state index is -0.104. The van der Waals surface area contributed by atoms with E-state index < -0.39 is 0 Å². The SMILES string of the molecule is CC#CCNCC(=O)NCCC#N. The Balaban J connectivity index is 3.29. The van der Waals surface area contributed by atoms with Gasteiger partial charge in [0.25, 0.3) is 0 Å². The Morgan fingerprint density at radius 1 is 1.54 bits per heavy atom. The first kappa shape index (κ1) is 11.5. The largest absolute Gasteiger partial charge is 0.354 e. The van der Waals surface area contributed by atoms with Gasteiger partial charge in [-0.3, -0.25) is 10.1 Å². The monoisotopic (exact) mass is 179 g/mol. The molecule has 70 valence electrons. The topological polar surface area (TPSA) is 64.9 Å². The lowest BCUT2D eigenvalue weighted by molar-refractivity contribution is -0.120. The molecule has 0 aromatic heterocycles. The van der Waals surface area contributed by atoms with Gasteiger partial charge in [0.05, 0.1) is 25.6 Å². The van der Waals surface area contributed by atoms with Crippen molar-refractivity contribution in [3.05, 3.63) is 0 Å². The maximum Gasteiger partial charge on any atom is 0.234 e. The lowest BCUT2D eigenvalue weighted by Gasteiger charge is -2.01. The molecule has 0 radical (unpaired) electrons. The van der Waals surface area contributed by atoms with Gasteiger partial charge in [-0.05, 0) is 6.92 Å². The van der Waals surface area contributed by atoms with Gasteiger partial charge in [0.15, 0.2) is 0 Å². The molecule has 0 unspecified atom stereocenters. The molecule has 4 nitrogen and oxygen atoms in total. The Morgan fingerprint density at radius 2 is 2.31 bits per heavy atom. The molecule has 0 aromatic carbocycles. The summed E-state index contributed by atoms with van der Waals surface area (Å²) in [6, 6.07) is 1.94. The second kappa shape index (κ2) is 8.58. The van der Waals surface area contributed by atoms with Crippen molar-refractivity contribution in [2.24, 2.45) is 0 Å². The van der Waals surface area contributed by atoms with Crippen LogP contribution in [-0.2, 0) is 4.79 Å². The van der Waals surface area contributed by atoms with Crippen LogP contribution in [0.1, 0.15) is 13.3 Å². The average molecular weight is 179 g/mol. The molecule has 13 heavy (non-hydrogen) atoms. The summed E-state index contributed by atoms with van der Waals surface area (Å²) in [5.41, 5.74) is 0. The van der Waals surface area contributed by atoms with Gasteiger partial charge in [-0.15, -0.1) is 5.92 Å². The highest BCUT2D eigenvalue weighted by atomic mass is 16.1. The summed E-state index contributed by atoms with van der Waals surface area (Å²) in [7, 11) is 0. The highest BCUT2D eigenvalue weighted by Crippen LogP contribution is 1.70. The molecule has 0 bridgehead atoms. The number of carbonyl (C=O) groups excluding carboxylic acids is 1. The van der Waals surface area contributed by atoms with Crippen LogP contribution in [0.15, 0.2) is 0 Å². The molecule has 0 aromatic rings. The van der Waals surface area contributed by atoms with E-state index in [1.807, 2.05) is 6.07 Å². The van der Waals surface area contributed by atoms with E-state index in [1.54, 1.807) is 6.92 Å². The van der Waals surface area contributed by atoms with Crippen LogP contribution >= 0.6 is 0 Å². The van der Waals surface area contributed by atoms with Gasteiger partial charge < -0.3 is 5.32 Å². The summed E-state index contributed by atoms with van der Waals surface area (Å²) >= 11 is 0.